The Morgan fingerprint density at radius 3 is 2.33 bits per heavy atom. The quantitative estimate of drug-likeness (QED) is 0.0474. The fourth-order valence-electron chi connectivity index (χ4n) is 6.27. The van der Waals surface area contributed by atoms with E-state index in [-0.39, 0.29) is 50.7 Å². The molecule has 7 atom stereocenters. The molecule has 1 saturated heterocycles. The molecule has 23 heteroatoms. The zero-order chi connectivity index (χ0) is 44.2. The molecular weight excluding hydrogens is 802 g/mol. The lowest BCUT2D eigenvalue weighted by Crippen LogP contribution is -2.65. The zero-order valence-electron chi connectivity index (χ0n) is 33.5. The van der Waals surface area contributed by atoms with Crippen LogP contribution < -0.4 is 31.9 Å². The molecule has 0 saturated carbocycles. The predicted molar refractivity (Wildman–Crippen MR) is 212 cm³/mol. The van der Waals surface area contributed by atoms with Gasteiger partial charge in [-0.15, -0.1) is 0 Å². The van der Waals surface area contributed by atoms with Crippen LogP contribution >= 0.6 is 0 Å². The maximum absolute atomic E-state index is 13.0. The van der Waals surface area contributed by atoms with Crippen LogP contribution in [0, 0.1) is 5.92 Å². The Hall–Kier alpha value is -6.56. The maximum atomic E-state index is 13.0. The van der Waals surface area contributed by atoms with E-state index in [9.17, 15) is 48.9 Å². The molecule has 2 aliphatic heterocycles. The molecule has 61 heavy (non-hydrogen) atoms. The van der Waals surface area contributed by atoms with Crippen LogP contribution in [0.15, 0.2) is 49.1 Å². The molecule has 0 unspecified atom stereocenters. The molecule has 1 fully saturated rings. The molecule has 2 aromatic heterocycles. The number of nitrogens with one attached hydrogen (secondary N) is 7. The molecule has 5 rings (SSSR count). The van der Waals surface area contributed by atoms with Crippen molar-refractivity contribution >= 4 is 64.2 Å². The number of alkyl carbamates (subject to hydrolysis) is 1. The van der Waals surface area contributed by atoms with Crippen molar-refractivity contribution in [1.82, 2.24) is 46.1 Å². The third kappa shape index (κ3) is 12.3. The van der Waals surface area contributed by atoms with Crippen LogP contribution in [0.5, 0.6) is 0 Å². The van der Waals surface area contributed by atoms with Crippen molar-refractivity contribution in [1.29, 1.82) is 0 Å². The van der Waals surface area contributed by atoms with Crippen molar-refractivity contribution in [2.45, 2.75) is 89.3 Å². The molecule has 4 heterocycles. The third-order valence-corrected chi connectivity index (χ3v) is 9.68. The summed E-state index contributed by atoms with van der Waals surface area (Å²) in [5.74, 6) is -3.34. The Morgan fingerprint density at radius 1 is 0.918 bits per heavy atom. The molecule has 3 aromatic rings. The molecule has 0 bridgehead atoms. The van der Waals surface area contributed by atoms with E-state index in [4.69, 9.17) is 9.47 Å². The average molecular weight is 852 g/mol. The number of rotatable bonds is 19. The first kappa shape index (κ1) is 45.5. The molecule has 0 aliphatic carbocycles. The lowest BCUT2D eigenvalue weighted by atomic mass is 9.95. The lowest BCUT2D eigenvalue weighted by molar-refractivity contribution is -0.185. The Bertz CT molecular complexity index is 2080. The molecule has 10 N–H and O–H groups in total. The van der Waals surface area contributed by atoms with Gasteiger partial charge in [-0.05, 0) is 37.0 Å². The summed E-state index contributed by atoms with van der Waals surface area (Å²) in [5, 5.41) is 47.4. The van der Waals surface area contributed by atoms with Crippen LogP contribution in [0.3, 0.4) is 0 Å². The minimum atomic E-state index is -1.52. The van der Waals surface area contributed by atoms with E-state index in [0.29, 0.717) is 22.4 Å². The summed E-state index contributed by atoms with van der Waals surface area (Å²) in [5.41, 5.74) is 1.79. The zero-order valence-corrected chi connectivity index (χ0v) is 33.5. The summed E-state index contributed by atoms with van der Waals surface area (Å²) in [6.45, 7) is 4.13. The highest BCUT2D eigenvalue weighted by atomic mass is 16.6. The molecular formula is C38H49N11O12. The minimum Gasteiger partial charge on any atom is -0.445 e. The number of imide groups is 1. The number of benzene rings is 1. The van der Waals surface area contributed by atoms with E-state index in [1.54, 1.807) is 38.1 Å². The number of aromatic nitrogens is 4. The van der Waals surface area contributed by atoms with Gasteiger partial charge < -0.3 is 61.7 Å². The van der Waals surface area contributed by atoms with Gasteiger partial charge in [-0.25, -0.2) is 19.7 Å². The fourth-order valence-corrected chi connectivity index (χ4v) is 6.27. The first-order valence-corrected chi connectivity index (χ1v) is 19.4. The van der Waals surface area contributed by atoms with E-state index in [0.717, 1.165) is 17.1 Å². The molecule has 1 aromatic carbocycles. The van der Waals surface area contributed by atoms with Crippen molar-refractivity contribution in [3.8, 4) is 0 Å². The SMILES string of the molecule is CC(C)[C@H](NC(=O)CCN1C(=O)C=CC1=O)C(=O)N[C@@H](C)C(=O)Nc1ccc(COC(=O)NCCCC(=O)N[C@@H]2[C@@H](O)[C@H](O)[C@@H](Nc3ncnc4nc[nH]c34)O[C@H]2CO)cc1. The van der Waals surface area contributed by atoms with Crippen molar-refractivity contribution in [3.63, 3.8) is 0 Å². The Labute approximate surface area is 348 Å². The number of hydrogen-bond donors (Lipinski definition) is 10. The second kappa shape index (κ2) is 21.1. The number of aromatic amines is 1. The number of H-pyrrole nitrogens is 1. The monoisotopic (exact) mass is 851 g/mol. The first-order chi connectivity index (χ1) is 29.1. The van der Waals surface area contributed by atoms with Gasteiger partial charge >= 0.3 is 6.09 Å². The number of aliphatic hydroxyl groups is 3. The Kier molecular flexibility index (Phi) is 15.8. The van der Waals surface area contributed by atoms with Gasteiger partial charge in [0.15, 0.2) is 17.7 Å². The third-order valence-electron chi connectivity index (χ3n) is 9.68. The molecule has 0 spiro atoms. The highest BCUT2D eigenvalue weighted by molar-refractivity contribution is 6.13. The minimum absolute atomic E-state index is 0.0694. The van der Waals surface area contributed by atoms with Crippen LogP contribution in [-0.2, 0) is 44.8 Å². The summed E-state index contributed by atoms with van der Waals surface area (Å²) >= 11 is 0. The van der Waals surface area contributed by atoms with E-state index in [1.165, 1.54) is 19.6 Å². The topological polar surface area (TPSA) is 329 Å². The van der Waals surface area contributed by atoms with Crippen LogP contribution in [0.1, 0.15) is 45.6 Å². The van der Waals surface area contributed by atoms with Crippen LogP contribution in [0.4, 0.5) is 16.3 Å². The summed E-state index contributed by atoms with van der Waals surface area (Å²) in [6, 6.07) is 3.26. The van der Waals surface area contributed by atoms with E-state index in [1.807, 2.05) is 0 Å². The number of carbonyl (C=O) groups is 7. The Balaban J connectivity index is 0.969. The van der Waals surface area contributed by atoms with E-state index < -0.39 is 90.8 Å². The number of aliphatic hydroxyl groups excluding tert-OH is 3. The number of amides is 7. The van der Waals surface area contributed by atoms with Gasteiger partial charge in [0.25, 0.3) is 11.8 Å². The fraction of sp³-hybridized carbons (Fsp3) is 0.474. The smallest absolute Gasteiger partial charge is 0.407 e. The number of hydrogen-bond acceptors (Lipinski definition) is 16. The number of carbonyl (C=O) groups excluding carboxylic acids is 7. The summed E-state index contributed by atoms with van der Waals surface area (Å²) in [4.78, 5) is 103. The second-order valence-corrected chi connectivity index (χ2v) is 14.5. The van der Waals surface area contributed by atoms with Gasteiger partial charge in [-0.2, -0.15) is 0 Å². The van der Waals surface area contributed by atoms with Gasteiger partial charge in [-0.3, -0.25) is 33.7 Å². The number of anilines is 2. The van der Waals surface area contributed by atoms with Crippen molar-refractivity contribution < 1.29 is 58.4 Å². The number of nitrogens with zero attached hydrogens (tertiary/aromatic N) is 4. The summed E-state index contributed by atoms with van der Waals surface area (Å²) in [7, 11) is 0. The van der Waals surface area contributed by atoms with Gasteiger partial charge in [0, 0.05) is 43.8 Å². The van der Waals surface area contributed by atoms with E-state index >= 15 is 0 Å². The standard InChI is InChI=1S/C38H49N11O12/c1-19(2)28(46-25(52)12-14-49-26(53)10-11-27(49)54)36(58)44-20(3)35(57)45-22-8-6-21(7-9-22)16-60-38(59)39-13-4-5-24(51)47-29-23(15-50)61-37(32(56)31(29)55)48-34-30-33(41-17-40-30)42-18-43-34/h6-11,17-20,23,28-29,31-32,37,50,55-56H,4-5,12-16H2,1-3H3,(H,39,59)(H,44,58)(H,45,57)(H,46,52)(H,47,51)(H2,40,41,42,43,48)/t20-,23-,28-,29-,31+,32-,37-/m0/s1. The predicted octanol–water partition coefficient (Wildman–Crippen LogP) is -1.71. The summed E-state index contributed by atoms with van der Waals surface area (Å²) < 4.78 is 11.0. The highest BCUT2D eigenvalue weighted by Gasteiger charge is 2.45. The largest absolute Gasteiger partial charge is 0.445 e. The maximum Gasteiger partial charge on any atom is 0.407 e. The second-order valence-electron chi connectivity index (χ2n) is 14.5. The summed E-state index contributed by atoms with van der Waals surface area (Å²) in [6.07, 6.45) is -1.26. The lowest BCUT2D eigenvalue weighted by Gasteiger charge is -2.42. The molecule has 2 aliphatic rings. The number of imidazole rings is 1. The number of fused-ring (bicyclic) bond motifs is 1. The molecule has 7 amide bonds. The van der Waals surface area contributed by atoms with Crippen LogP contribution in [0.25, 0.3) is 11.2 Å². The average Bonchev–Trinajstić information content (AvgIpc) is 3.85. The van der Waals surface area contributed by atoms with Gasteiger partial charge in [0.05, 0.1) is 19.0 Å². The highest BCUT2D eigenvalue weighted by Crippen LogP contribution is 2.25. The molecule has 328 valence electrons. The molecule has 23 nitrogen and oxygen atoms in total. The normalized spacial score (nSPS) is 20.8. The van der Waals surface area contributed by atoms with Gasteiger partial charge in [0.1, 0.15) is 48.8 Å². The van der Waals surface area contributed by atoms with E-state index in [2.05, 4.69) is 51.8 Å². The van der Waals surface area contributed by atoms with Gasteiger partial charge in [0.2, 0.25) is 23.6 Å². The van der Waals surface area contributed by atoms with Crippen LogP contribution in [0.2, 0.25) is 0 Å². The molecule has 0 radical (unpaired) electrons. The van der Waals surface area contributed by atoms with Crippen molar-refractivity contribution in [2.24, 2.45) is 5.92 Å². The Morgan fingerprint density at radius 2 is 1.64 bits per heavy atom. The number of ether oxygens (including phenoxy) is 2. The van der Waals surface area contributed by atoms with Crippen molar-refractivity contribution in [2.75, 3.05) is 30.3 Å². The van der Waals surface area contributed by atoms with Crippen molar-refractivity contribution in [3.05, 3.63) is 54.6 Å². The van der Waals surface area contributed by atoms with Crippen LogP contribution in [-0.4, -0.2) is 144 Å². The van der Waals surface area contributed by atoms with Gasteiger partial charge in [-0.1, -0.05) is 26.0 Å². The first-order valence-electron chi connectivity index (χ1n) is 19.4.